The molecule has 1 heterocycles. The number of pyridine rings is 1. The van der Waals surface area contributed by atoms with Crippen LogP contribution in [0.15, 0.2) is 23.1 Å². The molecule has 1 rings (SSSR count). The Balaban J connectivity index is 3.08. The van der Waals surface area contributed by atoms with Gasteiger partial charge in [0.15, 0.2) is 0 Å². The third kappa shape index (κ3) is 4.84. The Morgan fingerprint density at radius 1 is 1.42 bits per heavy atom. The van der Waals surface area contributed by atoms with Crippen LogP contribution >= 0.6 is 0 Å². The summed E-state index contributed by atoms with van der Waals surface area (Å²) < 4.78 is 26.0. The number of carboxylic acid groups (broad SMARTS) is 1. The number of sulfonamides is 1. The maximum atomic E-state index is 11.6. The van der Waals surface area contributed by atoms with Gasteiger partial charge in [0, 0.05) is 24.3 Å². The molecular weight excluding hydrogens is 272 g/mol. The molecule has 0 saturated carbocycles. The van der Waals surface area contributed by atoms with Crippen molar-refractivity contribution in [1.29, 1.82) is 0 Å². The van der Waals surface area contributed by atoms with Crippen molar-refractivity contribution in [3.05, 3.63) is 34.2 Å². The molecule has 1 aromatic rings. The van der Waals surface area contributed by atoms with Crippen LogP contribution in [0.2, 0.25) is 0 Å². The third-order valence-corrected chi connectivity index (χ3v) is 3.18. The Morgan fingerprint density at radius 2 is 2.00 bits per heavy atom. The van der Waals surface area contributed by atoms with Gasteiger partial charge >= 0.3 is 5.97 Å². The second-order valence-corrected chi connectivity index (χ2v) is 6.70. The first-order valence-corrected chi connectivity index (χ1v) is 7.32. The zero-order valence-electron chi connectivity index (χ0n) is 10.9. The maximum absolute atomic E-state index is 11.6. The van der Waals surface area contributed by atoms with Gasteiger partial charge in [0.1, 0.15) is 0 Å². The summed E-state index contributed by atoms with van der Waals surface area (Å²) >= 11 is 0. The van der Waals surface area contributed by atoms with Gasteiger partial charge in [-0.2, -0.15) is 0 Å². The van der Waals surface area contributed by atoms with E-state index in [0.29, 0.717) is 0 Å². The summed E-state index contributed by atoms with van der Waals surface area (Å²) in [5, 5.41) is 8.86. The molecule has 7 nitrogen and oxygen atoms in total. The summed E-state index contributed by atoms with van der Waals surface area (Å²) in [5.74, 6) is -1.15. The maximum Gasteiger partial charge on any atom is 0.337 e. The molecule has 0 aliphatic rings. The zero-order chi connectivity index (χ0) is 14.8. The van der Waals surface area contributed by atoms with Crippen LogP contribution in [0.5, 0.6) is 0 Å². The van der Waals surface area contributed by atoms with Crippen LogP contribution in [0.3, 0.4) is 0 Å². The summed E-state index contributed by atoms with van der Waals surface area (Å²) in [6.45, 7) is 3.24. The Morgan fingerprint density at radius 3 is 2.47 bits per heavy atom. The number of hydrogen-bond acceptors (Lipinski definition) is 4. The summed E-state index contributed by atoms with van der Waals surface area (Å²) in [6, 6.07) is 2.35. The standard InChI is InChI=1S/C11H16N2O5S/c1-11(2,12-19(3,17)18)7-13-6-8(10(15)16)4-5-9(13)14/h4-6,12H,7H2,1-3H3,(H,15,16). The van der Waals surface area contributed by atoms with Gasteiger partial charge in [-0.3, -0.25) is 4.79 Å². The van der Waals surface area contributed by atoms with Crippen LogP contribution in [-0.2, 0) is 16.6 Å². The largest absolute Gasteiger partial charge is 0.478 e. The zero-order valence-corrected chi connectivity index (χ0v) is 11.7. The van der Waals surface area contributed by atoms with Crippen molar-refractivity contribution in [2.24, 2.45) is 0 Å². The number of nitrogens with zero attached hydrogens (tertiary/aromatic N) is 1. The van der Waals surface area contributed by atoms with Crippen LogP contribution < -0.4 is 10.3 Å². The highest BCUT2D eigenvalue weighted by atomic mass is 32.2. The van der Waals surface area contributed by atoms with Crippen LogP contribution in [0.4, 0.5) is 0 Å². The summed E-state index contributed by atoms with van der Waals surface area (Å²) in [7, 11) is -3.42. The van der Waals surface area contributed by atoms with Gasteiger partial charge in [-0.25, -0.2) is 17.9 Å². The quantitative estimate of drug-likeness (QED) is 0.785. The lowest BCUT2D eigenvalue weighted by Gasteiger charge is -2.25. The van der Waals surface area contributed by atoms with Crippen molar-refractivity contribution >= 4 is 16.0 Å². The number of aromatic carboxylic acids is 1. The normalized spacial score (nSPS) is 12.4. The SMILES string of the molecule is CC(C)(Cn1cc(C(=O)O)ccc1=O)NS(C)(=O)=O. The molecule has 0 aromatic carbocycles. The Bertz CT molecular complexity index is 645. The predicted octanol–water partition coefficient (Wildman–Crippen LogP) is -0.126. The van der Waals surface area contributed by atoms with Gasteiger partial charge in [0.2, 0.25) is 10.0 Å². The average Bonchev–Trinajstić information content (AvgIpc) is 2.16. The molecule has 0 amide bonds. The van der Waals surface area contributed by atoms with Crippen molar-refractivity contribution in [2.75, 3.05) is 6.26 Å². The van der Waals surface area contributed by atoms with E-state index in [9.17, 15) is 18.0 Å². The van der Waals surface area contributed by atoms with E-state index >= 15 is 0 Å². The van der Waals surface area contributed by atoms with Crippen molar-refractivity contribution in [3.8, 4) is 0 Å². The fourth-order valence-corrected chi connectivity index (χ4v) is 2.81. The minimum absolute atomic E-state index is 0.0278. The van der Waals surface area contributed by atoms with E-state index < -0.39 is 27.1 Å². The van der Waals surface area contributed by atoms with Crippen LogP contribution in [0.25, 0.3) is 0 Å². The van der Waals surface area contributed by atoms with Crippen molar-refractivity contribution in [3.63, 3.8) is 0 Å². The monoisotopic (exact) mass is 288 g/mol. The molecule has 0 radical (unpaired) electrons. The predicted molar refractivity (Wildman–Crippen MR) is 69.7 cm³/mol. The fourth-order valence-electron chi connectivity index (χ4n) is 1.74. The van der Waals surface area contributed by atoms with Crippen LogP contribution in [-0.4, -0.2) is 35.9 Å². The first-order valence-electron chi connectivity index (χ1n) is 5.43. The molecule has 0 saturated heterocycles. The molecule has 8 heteroatoms. The fraction of sp³-hybridized carbons (Fsp3) is 0.455. The van der Waals surface area contributed by atoms with E-state index in [1.165, 1.54) is 16.8 Å². The molecule has 0 unspecified atom stereocenters. The Labute approximate surface area is 110 Å². The van der Waals surface area contributed by atoms with Gasteiger partial charge in [0.25, 0.3) is 5.56 Å². The Kier molecular flexibility index (Phi) is 4.16. The van der Waals surface area contributed by atoms with E-state index in [4.69, 9.17) is 5.11 Å². The average molecular weight is 288 g/mol. The lowest BCUT2D eigenvalue weighted by molar-refractivity contribution is 0.0695. The lowest BCUT2D eigenvalue weighted by atomic mass is 10.1. The first-order chi connectivity index (χ1) is 8.50. The molecule has 0 fully saturated rings. The lowest BCUT2D eigenvalue weighted by Crippen LogP contribution is -2.47. The smallest absolute Gasteiger partial charge is 0.337 e. The van der Waals surface area contributed by atoms with Crippen molar-refractivity contribution in [2.45, 2.75) is 25.9 Å². The second kappa shape index (κ2) is 5.14. The molecule has 0 spiro atoms. The summed E-state index contributed by atoms with van der Waals surface area (Å²) in [5.41, 5.74) is -1.34. The Hall–Kier alpha value is -1.67. The number of hydrogen-bond donors (Lipinski definition) is 2. The van der Waals surface area contributed by atoms with Crippen molar-refractivity contribution < 1.29 is 18.3 Å². The topological polar surface area (TPSA) is 105 Å². The molecule has 106 valence electrons. The second-order valence-electron chi connectivity index (χ2n) is 4.95. The molecule has 0 atom stereocenters. The van der Waals surface area contributed by atoms with Crippen molar-refractivity contribution in [1.82, 2.24) is 9.29 Å². The van der Waals surface area contributed by atoms with Gasteiger partial charge in [-0.1, -0.05) is 0 Å². The van der Waals surface area contributed by atoms with E-state index in [-0.39, 0.29) is 12.1 Å². The van der Waals surface area contributed by atoms with Gasteiger partial charge in [-0.05, 0) is 19.9 Å². The minimum Gasteiger partial charge on any atom is -0.478 e. The summed E-state index contributed by atoms with van der Waals surface area (Å²) in [6.07, 6.45) is 2.21. The molecule has 0 aliphatic carbocycles. The first kappa shape index (κ1) is 15.4. The number of aromatic nitrogens is 1. The number of carbonyl (C=O) groups is 1. The highest BCUT2D eigenvalue weighted by Crippen LogP contribution is 2.07. The highest BCUT2D eigenvalue weighted by Gasteiger charge is 2.23. The molecule has 19 heavy (non-hydrogen) atoms. The molecule has 0 aliphatic heterocycles. The van der Waals surface area contributed by atoms with E-state index in [1.54, 1.807) is 13.8 Å². The number of rotatable bonds is 5. The number of carboxylic acids is 1. The highest BCUT2D eigenvalue weighted by molar-refractivity contribution is 7.88. The summed E-state index contributed by atoms with van der Waals surface area (Å²) in [4.78, 5) is 22.5. The van der Waals surface area contributed by atoms with Crippen LogP contribution in [0.1, 0.15) is 24.2 Å². The van der Waals surface area contributed by atoms with Crippen LogP contribution in [0, 0.1) is 0 Å². The van der Waals surface area contributed by atoms with Gasteiger partial charge in [-0.15, -0.1) is 0 Å². The number of nitrogens with one attached hydrogen (secondary N) is 1. The molecule has 2 N–H and O–H groups in total. The molecule has 1 aromatic heterocycles. The minimum atomic E-state index is -3.42. The molecular formula is C11H16N2O5S. The molecule has 0 bridgehead atoms. The van der Waals surface area contributed by atoms with E-state index in [2.05, 4.69) is 4.72 Å². The van der Waals surface area contributed by atoms with E-state index in [0.717, 1.165) is 12.3 Å². The van der Waals surface area contributed by atoms with Gasteiger partial charge < -0.3 is 9.67 Å². The van der Waals surface area contributed by atoms with E-state index in [1.807, 2.05) is 0 Å². The van der Waals surface area contributed by atoms with Gasteiger partial charge in [0.05, 0.1) is 11.8 Å². The third-order valence-electron chi connectivity index (χ3n) is 2.26.